The van der Waals surface area contributed by atoms with Gasteiger partial charge in [-0.05, 0) is 19.1 Å². The molecule has 0 radical (unpaired) electrons. The highest BCUT2D eigenvalue weighted by atomic mass is 19.4. The first-order valence-electron chi connectivity index (χ1n) is 9.15. The fraction of sp³-hybridized carbons (Fsp3) is 0.278. The number of nitrogens with two attached hydrogens (primary N) is 1. The molecule has 10 nitrogen and oxygen atoms in total. The molecule has 33 heavy (non-hydrogen) atoms. The first-order chi connectivity index (χ1) is 15.5. The molecule has 0 aliphatic carbocycles. The van der Waals surface area contributed by atoms with Crippen LogP contribution >= 0.6 is 0 Å². The van der Waals surface area contributed by atoms with Gasteiger partial charge in [0.15, 0.2) is 0 Å². The Kier molecular flexibility index (Phi) is 8.17. The summed E-state index contributed by atoms with van der Waals surface area (Å²) in [6.07, 6.45) is -2.21. The van der Waals surface area contributed by atoms with Crippen LogP contribution < -0.4 is 11.4 Å². The zero-order chi connectivity index (χ0) is 24.8. The van der Waals surface area contributed by atoms with Gasteiger partial charge in [0.05, 0.1) is 18.4 Å². The third-order valence-corrected chi connectivity index (χ3v) is 4.06. The summed E-state index contributed by atoms with van der Waals surface area (Å²) >= 11 is 0. The Morgan fingerprint density at radius 2 is 1.88 bits per heavy atom. The molecule has 3 aromatic heterocycles. The maximum absolute atomic E-state index is 12.7. The number of aliphatic carboxylic acids is 1. The van der Waals surface area contributed by atoms with E-state index in [1.54, 1.807) is 29.1 Å². The van der Waals surface area contributed by atoms with E-state index < -0.39 is 23.9 Å². The molecule has 0 fully saturated rings. The third kappa shape index (κ3) is 6.55. The first kappa shape index (κ1) is 25.4. The van der Waals surface area contributed by atoms with Crippen LogP contribution in [-0.4, -0.2) is 52.9 Å². The van der Waals surface area contributed by atoms with Gasteiger partial charge in [-0.15, -0.1) is 0 Å². The van der Waals surface area contributed by atoms with Crippen molar-refractivity contribution in [3.8, 4) is 17.1 Å². The van der Waals surface area contributed by atoms with Crippen LogP contribution in [0.2, 0.25) is 0 Å². The van der Waals surface area contributed by atoms with Gasteiger partial charge < -0.3 is 10.8 Å². The second kappa shape index (κ2) is 10.6. The van der Waals surface area contributed by atoms with Crippen LogP contribution in [0.15, 0.2) is 53.4 Å². The predicted molar refractivity (Wildman–Crippen MR) is 105 cm³/mol. The van der Waals surface area contributed by atoms with E-state index in [2.05, 4.69) is 15.2 Å². The SMILES string of the molecule is CCn1cc(-c2cccc(-n3cnn(CC(CN)=C(F)F)c3=O)n2)cn1.O=C(O)C(F)(F)F. The second-order valence-corrected chi connectivity index (χ2v) is 6.28. The number of hydrogen-bond donors (Lipinski definition) is 2. The van der Waals surface area contributed by atoms with Gasteiger partial charge in [-0.2, -0.15) is 32.1 Å². The summed E-state index contributed by atoms with van der Waals surface area (Å²) in [6, 6.07) is 5.18. The topological polar surface area (TPSA) is 134 Å². The van der Waals surface area contributed by atoms with E-state index in [-0.39, 0.29) is 18.7 Å². The Morgan fingerprint density at radius 1 is 1.21 bits per heavy atom. The average Bonchev–Trinajstić information content (AvgIpc) is 3.38. The Labute approximate surface area is 182 Å². The number of aryl methyl sites for hydroxylation is 1. The van der Waals surface area contributed by atoms with E-state index in [4.69, 9.17) is 15.6 Å². The fourth-order valence-corrected chi connectivity index (χ4v) is 2.37. The summed E-state index contributed by atoms with van der Waals surface area (Å²) in [5, 5.41) is 15.2. The Hall–Kier alpha value is -3.88. The highest BCUT2D eigenvalue weighted by Crippen LogP contribution is 2.17. The summed E-state index contributed by atoms with van der Waals surface area (Å²) in [5.74, 6) is -2.42. The number of aromatic nitrogens is 6. The Morgan fingerprint density at radius 3 is 2.39 bits per heavy atom. The molecule has 0 saturated heterocycles. The first-order valence-corrected chi connectivity index (χ1v) is 9.15. The van der Waals surface area contributed by atoms with Crippen LogP contribution in [0.25, 0.3) is 17.1 Å². The lowest BCUT2D eigenvalue weighted by Gasteiger charge is -2.03. The molecule has 0 unspecified atom stereocenters. The van der Waals surface area contributed by atoms with Crippen molar-refractivity contribution in [3.63, 3.8) is 0 Å². The fourth-order valence-electron chi connectivity index (χ4n) is 2.37. The number of nitrogens with zero attached hydrogens (tertiary/aromatic N) is 6. The van der Waals surface area contributed by atoms with E-state index in [9.17, 15) is 26.7 Å². The molecule has 15 heteroatoms. The van der Waals surface area contributed by atoms with Gasteiger partial charge in [0.1, 0.15) is 12.1 Å². The normalized spacial score (nSPS) is 11.0. The molecule has 3 N–H and O–H groups in total. The van der Waals surface area contributed by atoms with E-state index >= 15 is 0 Å². The smallest absolute Gasteiger partial charge is 0.475 e. The molecule has 0 saturated carbocycles. The molecule has 3 heterocycles. The number of carboxylic acids is 1. The lowest BCUT2D eigenvalue weighted by Crippen LogP contribution is -2.26. The van der Waals surface area contributed by atoms with Crippen molar-refractivity contribution in [2.75, 3.05) is 6.54 Å². The van der Waals surface area contributed by atoms with Gasteiger partial charge >= 0.3 is 17.8 Å². The van der Waals surface area contributed by atoms with Crippen molar-refractivity contribution in [2.45, 2.75) is 26.2 Å². The standard InChI is InChI=1S/C16H17F2N7O.C2HF3O2/c1-2-23-8-12(7-20-23)13-4-3-5-14(22-13)24-10-21-25(16(24)26)9-11(6-19)15(17)18;3-2(4,5)1(6)7/h3-5,7-8,10H,2,6,9,19H2,1H3;(H,6,7). The highest BCUT2D eigenvalue weighted by Gasteiger charge is 2.38. The van der Waals surface area contributed by atoms with Crippen LogP contribution in [0.3, 0.4) is 0 Å². The number of carboxylic acid groups (broad SMARTS) is 1. The molecular formula is C18H18F5N7O3. The maximum atomic E-state index is 12.7. The zero-order valence-electron chi connectivity index (χ0n) is 17.0. The van der Waals surface area contributed by atoms with Crippen LogP contribution in [0.5, 0.6) is 0 Å². The minimum atomic E-state index is -5.08. The van der Waals surface area contributed by atoms with E-state index in [0.717, 1.165) is 16.8 Å². The highest BCUT2D eigenvalue weighted by molar-refractivity contribution is 5.73. The summed E-state index contributed by atoms with van der Waals surface area (Å²) in [6.45, 7) is 1.98. The van der Waals surface area contributed by atoms with Gasteiger partial charge in [0, 0.05) is 30.4 Å². The summed E-state index contributed by atoms with van der Waals surface area (Å²) in [7, 11) is 0. The van der Waals surface area contributed by atoms with Gasteiger partial charge in [0.25, 0.3) is 6.08 Å². The molecule has 178 valence electrons. The molecule has 3 aromatic rings. The van der Waals surface area contributed by atoms with Crippen molar-refractivity contribution < 1.29 is 31.9 Å². The number of carbonyl (C=O) groups is 1. The Balaban J connectivity index is 0.000000479. The number of hydrogen-bond acceptors (Lipinski definition) is 6. The molecule has 0 spiro atoms. The average molecular weight is 475 g/mol. The minimum absolute atomic E-state index is 0.335. The largest absolute Gasteiger partial charge is 0.490 e. The molecule has 0 atom stereocenters. The maximum Gasteiger partial charge on any atom is 0.490 e. The van der Waals surface area contributed by atoms with Gasteiger partial charge in [0.2, 0.25) is 0 Å². The minimum Gasteiger partial charge on any atom is -0.475 e. The van der Waals surface area contributed by atoms with Crippen molar-refractivity contribution in [2.24, 2.45) is 5.73 Å². The van der Waals surface area contributed by atoms with Crippen LogP contribution in [-0.2, 0) is 17.9 Å². The Bertz CT molecular complexity index is 1190. The molecule has 0 amide bonds. The molecule has 0 bridgehead atoms. The van der Waals surface area contributed by atoms with Gasteiger partial charge in [-0.25, -0.2) is 23.8 Å². The van der Waals surface area contributed by atoms with Crippen LogP contribution in [0.4, 0.5) is 22.0 Å². The summed E-state index contributed by atoms with van der Waals surface area (Å²) < 4.78 is 61.1. The summed E-state index contributed by atoms with van der Waals surface area (Å²) in [4.78, 5) is 25.8. The van der Waals surface area contributed by atoms with Crippen molar-refractivity contribution >= 4 is 5.97 Å². The van der Waals surface area contributed by atoms with Gasteiger partial charge in [-0.3, -0.25) is 4.68 Å². The number of halogens is 5. The van der Waals surface area contributed by atoms with Crippen LogP contribution in [0, 0.1) is 0 Å². The monoisotopic (exact) mass is 475 g/mol. The lowest BCUT2D eigenvalue weighted by atomic mass is 10.2. The quantitative estimate of drug-likeness (QED) is 0.521. The van der Waals surface area contributed by atoms with Crippen LogP contribution in [0.1, 0.15) is 6.92 Å². The molecule has 0 aliphatic heterocycles. The molecule has 3 rings (SSSR count). The molecule has 0 aromatic carbocycles. The third-order valence-electron chi connectivity index (χ3n) is 4.06. The van der Waals surface area contributed by atoms with E-state index in [1.807, 2.05) is 13.1 Å². The van der Waals surface area contributed by atoms with Crippen molar-refractivity contribution in [3.05, 3.63) is 59.1 Å². The van der Waals surface area contributed by atoms with Crippen molar-refractivity contribution in [1.29, 1.82) is 0 Å². The van der Waals surface area contributed by atoms with E-state index in [0.29, 0.717) is 11.5 Å². The lowest BCUT2D eigenvalue weighted by molar-refractivity contribution is -0.192. The second-order valence-electron chi connectivity index (χ2n) is 6.28. The van der Waals surface area contributed by atoms with E-state index in [1.165, 1.54) is 10.9 Å². The van der Waals surface area contributed by atoms with Gasteiger partial charge in [-0.1, -0.05) is 6.07 Å². The molecule has 0 aliphatic rings. The van der Waals surface area contributed by atoms with Crippen molar-refractivity contribution in [1.82, 2.24) is 29.1 Å². The molecular weight excluding hydrogens is 457 g/mol. The number of alkyl halides is 3. The summed E-state index contributed by atoms with van der Waals surface area (Å²) in [5.41, 5.74) is 5.81. The predicted octanol–water partition coefficient (Wildman–Crippen LogP) is 2.05. The number of pyridine rings is 1. The number of rotatable bonds is 6. The zero-order valence-corrected chi connectivity index (χ0v) is 17.0.